The molecule has 1 saturated heterocycles. The van der Waals surface area contributed by atoms with Crippen LogP contribution in [-0.2, 0) is 11.2 Å². The van der Waals surface area contributed by atoms with Gasteiger partial charge in [-0.15, -0.1) is 11.3 Å². The summed E-state index contributed by atoms with van der Waals surface area (Å²) in [5, 5.41) is 10.5. The Morgan fingerprint density at radius 1 is 1.35 bits per heavy atom. The van der Waals surface area contributed by atoms with Gasteiger partial charge in [0.2, 0.25) is 5.28 Å². The third-order valence-electron chi connectivity index (χ3n) is 3.03. The Bertz CT molecular complexity index is 613. The maximum atomic E-state index is 9.48. The van der Waals surface area contributed by atoms with Crippen LogP contribution in [0.15, 0.2) is 0 Å². The largest absolute Gasteiger partial charge is 0.393 e. The molecule has 0 aliphatic carbocycles. The van der Waals surface area contributed by atoms with Crippen LogP contribution in [0.3, 0.4) is 0 Å². The number of aromatic nitrogens is 3. The van der Waals surface area contributed by atoms with E-state index in [1.807, 2.05) is 0 Å². The average molecular weight is 315 g/mol. The van der Waals surface area contributed by atoms with Gasteiger partial charge in [-0.25, -0.2) is 4.98 Å². The summed E-state index contributed by atoms with van der Waals surface area (Å²) in [7, 11) is 0. The monoisotopic (exact) mass is 314 g/mol. The molecule has 20 heavy (non-hydrogen) atoms. The highest BCUT2D eigenvalue weighted by molar-refractivity contribution is 7.19. The molecule has 1 atom stereocenters. The molecule has 108 valence electrons. The van der Waals surface area contributed by atoms with Gasteiger partial charge in [-0.3, -0.25) is 0 Å². The Labute approximate surface area is 125 Å². The zero-order chi connectivity index (χ0) is 14.1. The van der Waals surface area contributed by atoms with E-state index in [1.54, 1.807) is 6.92 Å². The van der Waals surface area contributed by atoms with Crippen molar-refractivity contribution >= 4 is 39.1 Å². The van der Waals surface area contributed by atoms with Crippen molar-refractivity contribution in [3.05, 3.63) is 10.3 Å². The number of morpholine rings is 1. The molecule has 0 radical (unpaired) electrons. The number of hydrogen-bond acceptors (Lipinski definition) is 7. The first-order valence-electron chi connectivity index (χ1n) is 6.47. The summed E-state index contributed by atoms with van der Waals surface area (Å²) in [4.78, 5) is 15.1. The molecule has 2 aromatic rings. The molecule has 3 rings (SSSR count). The van der Waals surface area contributed by atoms with E-state index in [0.29, 0.717) is 25.3 Å². The van der Waals surface area contributed by atoms with Gasteiger partial charge >= 0.3 is 0 Å². The van der Waals surface area contributed by atoms with Gasteiger partial charge in [0.25, 0.3) is 0 Å². The number of anilines is 1. The quantitative estimate of drug-likeness (QED) is 0.866. The van der Waals surface area contributed by atoms with Gasteiger partial charge in [0.05, 0.1) is 24.3 Å². The molecule has 8 heteroatoms. The van der Waals surface area contributed by atoms with Crippen molar-refractivity contribution in [1.82, 2.24) is 15.0 Å². The molecule has 0 bridgehead atoms. The van der Waals surface area contributed by atoms with E-state index in [0.717, 1.165) is 28.6 Å². The van der Waals surface area contributed by atoms with Crippen LogP contribution in [-0.4, -0.2) is 52.5 Å². The standard InChI is InChI=1S/C12H15ClN4O2S/c1-7(18)6-8-14-10-9(20-8)11(16-12(13)15-10)17-2-4-19-5-3-17/h7,18H,2-6H2,1H3. The number of fused-ring (bicyclic) bond motifs is 1. The Kier molecular flexibility index (Phi) is 4.02. The van der Waals surface area contributed by atoms with Crippen molar-refractivity contribution < 1.29 is 9.84 Å². The van der Waals surface area contributed by atoms with Crippen molar-refractivity contribution in [2.45, 2.75) is 19.4 Å². The summed E-state index contributed by atoms with van der Waals surface area (Å²) >= 11 is 7.51. The Hall–Kier alpha value is -1.02. The first kappa shape index (κ1) is 13.9. The van der Waals surface area contributed by atoms with Crippen molar-refractivity contribution in [1.29, 1.82) is 0 Å². The Morgan fingerprint density at radius 2 is 2.10 bits per heavy atom. The second kappa shape index (κ2) is 5.77. The van der Waals surface area contributed by atoms with Crippen LogP contribution in [0, 0.1) is 0 Å². The number of halogens is 1. The summed E-state index contributed by atoms with van der Waals surface area (Å²) in [6, 6.07) is 0. The smallest absolute Gasteiger partial charge is 0.226 e. The van der Waals surface area contributed by atoms with Crippen molar-refractivity contribution in [2.75, 3.05) is 31.2 Å². The van der Waals surface area contributed by atoms with E-state index in [2.05, 4.69) is 19.9 Å². The molecule has 0 amide bonds. The number of hydrogen-bond donors (Lipinski definition) is 1. The molecule has 0 aromatic carbocycles. The number of ether oxygens (including phenoxy) is 1. The second-order valence-corrected chi connectivity index (χ2v) is 6.15. The highest BCUT2D eigenvalue weighted by atomic mass is 35.5. The topological polar surface area (TPSA) is 71.4 Å². The number of thiazole rings is 1. The van der Waals surface area contributed by atoms with Crippen LogP contribution in [0.25, 0.3) is 10.3 Å². The Morgan fingerprint density at radius 3 is 2.80 bits per heavy atom. The van der Waals surface area contributed by atoms with Crippen molar-refractivity contribution in [3.63, 3.8) is 0 Å². The lowest BCUT2D eigenvalue weighted by atomic mass is 10.3. The fourth-order valence-electron chi connectivity index (χ4n) is 2.16. The van der Waals surface area contributed by atoms with Crippen LogP contribution < -0.4 is 4.90 Å². The molecule has 3 heterocycles. The zero-order valence-corrected chi connectivity index (χ0v) is 12.6. The zero-order valence-electron chi connectivity index (χ0n) is 11.0. The molecule has 0 saturated carbocycles. The van der Waals surface area contributed by atoms with Crippen LogP contribution in [0.4, 0.5) is 5.82 Å². The molecule has 1 fully saturated rings. The molecular formula is C12H15ClN4O2S. The van der Waals surface area contributed by atoms with Crippen LogP contribution in [0.5, 0.6) is 0 Å². The molecule has 2 aromatic heterocycles. The second-order valence-electron chi connectivity index (χ2n) is 4.73. The number of rotatable bonds is 3. The fraction of sp³-hybridized carbons (Fsp3) is 0.583. The van der Waals surface area contributed by atoms with Crippen LogP contribution in [0.2, 0.25) is 5.28 Å². The molecule has 1 unspecified atom stereocenters. The fourth-order valence-corrected chi connectivity index (χ4v) is 3.46. The summed E-state index contributed by atoms with van der Waals surface area (Å²) in [5.74, 6) is 0.817. The van der Waals surface area contributed by atoms with Gasteiger partial charge in [0, 0.05) is 19.5 Å². The maximum Gasteiger partial charge on any atom is 0.226 e. The summed E-state index contributed by atoms with van der Waals surface area (Å²) in [5.41, 5.74) is 0.604. The first-order chi connectivity index (χ1) is 9.63. The minimum absolute atomic E-state index is 0.202. The lowest BCUT2D eigenvalue weighted by Gasteiger charge is -2.27. The van der Waals surface area contributed by atoms with Gasteiger partial charge in [-0.2, -0.15) is 9.97 Å². The minimum atomic E-state index is -0.425. The van der Waals surface area contributed by atoms with Gasteiger partial charge in [0.1, 0.15) is 4.70 Å². The summed E-state index contributed by atoms with van der Waals surface area (Å²) in [6.45, 7) is 4.68. The summed E-state index contributed by atoms with van der Waals surface area (Å²) < 4.78 is 6.28. The first-order valence-corrected chi connectivity index (χ1v) is 7.66. The van der Waals surface area contributed by atoms with Crippen LogP contribution >= 0.6 is 22.9 Å². The lowest BCUT2D eigenvalue weighted by molar-refractivity contribution is 0.122. The van der Waals surface area contributed by atoms with Gasteiger partial charge in [-0.05, 0) is 18.5 Å². The van der Waals surface area contributed by atoms with E-state index >= 15 is 0 Å². The molecule has 1 aliphatic heterocycles. The maximum absolute atomic E-state index is 9.48. The molecule has 0 spiro atoms. The SMILES string of the molecule is CC(O)Cc1nc2nc(Cl)nc(N3CCOCC3)c2s1. The van der Waals surface area contributed by atoms with Gasteiger partial charge in [-0.1, -0.05) is 0 Å². The van der Waals surface area contributed by atoms with Crippen molar-refractivity contribution in [3.8, 4) is 0 Å². The Balaban J connectivity index is 2.03. The predicted molar refractivity (Wildman–Crippen MR) is 78.6 cm³/mol. The molecule has 1 N–H and O–H groups in total. The lowest BCUT2D eigenvalue weighted by Crippen LogP contribution is -2.36. The van der Waals surface area contributed by atoms with E-state index in [1.165, 1.54) is 11.3 Å². The average Bonchev–Trinajstić information content (AvgIpc) is 2.79. The third-order valence-corrected chi connectivity index (χ3v) is 4.27. The molecule has 6 nitrogen and oxygen atoms in total. The van der Waals surface area contributed by atoms with E-state index in [-0.39, 0.29) is 5.28 Å². The highest BCUT2D eigenvalue weighted by Crippen LogP contribution is 2.31. The normalized spacial score (nSPS) is 17.6. The van der Waals surface area contributed by atoms with Gasteiger partial charge in [0.15, 0.2) is 11.5 Å². The molecule has 1 aliphatic rings. The minimum Gasteiger partial charge on any atom is -0.393 e. The van der Waals surface area contributed by atoms with Crippen LogP contribution in [0.1, 0.15) is 11.9 Å². The highest BCUT2D eigenvalue weighted by Gasteiger charge is 2.20. The number of aliphatic hydroxyl groups excluding tert-OH is 1. The van der Waals surface area contributed by atoms with E-state index < -0.39 is 6.10 Å². The number of aliphatic hydroxyl groups is 1. The van der Waals surface area contributed by atoms with Crippen molar-refractivity contribution in [2.24, 2.45) is 0 Å². The van der Waals surface area contributed by atoms with E-state index in [4.69, 9.17) is 16.3 Å². The third kappa shape index (κ3) is 2.85. The van der Waals surface area contributed by atoms with Gasteiger partial charge < -0.3 is 14.7 Å². The van der Waals surface area contributed by atoms with E-state index in [9.17, 15) is 5.11 Å². The number of nitrogens with zero attached hydrogens (tertiary/aromatic N) is 4. The summed E-state index contributed by atoms with van der Waals surface area (Å²) in [6.07, 6.45) is 0.0899. The molecular weight excluding hydrogens is 300 g/mol. The predicted octanol–water partition coefficient (Wildman–Crippen LogP) is 1.50.